The van der Waals surface area contributed by atoms with Crippen LogP contribution in [0.4, 0.5) is 0 Å². The summed E-state index contributed by atoms with van der Waals surface area (Å²) in [6, 6.07) is 0. The summed E-state index contributed by atoms with van der Waals surface area (Å²) in [5.74, 6) is 5.88. The predicted octanol–water partition coefficient (Wildman–Crippen LogP) is 9.31. The molecule has 0 bridgehead atoms. The van der Waals surface area contributed by atoms with Crippen molar-refractivity contribution in [1.82, 2.24) is 5.01 Å². The Balaban J connectivity index is 2.24. The second kappa shape index (κ2) is 23.1. The zero-order valence-corrected chi connectivity index (χ0v) is 24.9. The Morgan fingerprint density at radius 1 is 0.514 bits per heavy atom. The number of aliphatic hydroxyl groups is 2. The van der Waals surface area contributed by atoms with Crippen LogP contribution in [0.1, 0.15) is 168 Å². The molecule has 2 atom stereocenters. The zero-order valence-electron chi connectivity index (χ0n) is 24.9. The maximum Gasteiger partial charge on any atom is 0.0692 e. The Hall–Kier alpha value is -0.840. The number of hydrazine groups is 1. The van der Waals surface area contributed by atoms with Gasteiger partial charge in [0.05, 0.1) is 17.6 Å². The van der Waals surface area contributed by atoms with Gasteiger partial charge in [-0.2, -0.15) is 0 Å². The average Bonchev–Trinajstić information content (AvgIpc) is 2.90. The average molecular weight is 521 g/mol. The van der Waals surface area contributed by atoms with E-state index in [2.05, 4.69) is 13.8 Å². The number of aliphatic hydroxyl groups excluding tert-OH is 2. The molecule has 0 aliphatic carbocycles. The predicted molar refractivity (Wildman–Crippen MR) is 161 cm³/mol. The van der Waals surface area contributed by atoms with Crippen molar-refractivity contribution in [2.24, 2.45) is 11.3 Å². The highest BCUT2D eigenvalue weighted by molar-refractivity contribution is 5.21. The fourth-order valence-corrected chi connectivity index (χ4v) is 5.71. The van der Waals surface area contributed by atoms with Gasteiger partial charge in [-0.15, -0.1) is 0 Å². The summed E-state index contributed by atoms with van der Waals surface area (Å²) in [6.07, 6.45) is 36.3. The minimum Gasteiger partial charge on any atom is -0.392 e. The molecule has 2 unspecified atom stereocenters. The van der Waals surface area contributed by atoms with E-state index in [1.54, 1.807) is 12.4 Å². The number of unbranched alkanes of at least 4 members (excludes halogenated alkanes) is 20. The highest BCUT2D eigenvalue weighted by Crippen LogP contribution is 2.38. The van der Waals surface area contributed by atoms with Crippen molar-refractivity contribution in [2.75, 3.05) is 0 Å². The molecule has 0 saturated carbocycles. The Morgan fingerprint density at radius 2 is 0.784 bits per heavy atom. The van der Waals surface area contributed by atoms with Crippen LogP contribution in [0.2, 0.25) is 0 Å². The smallest absolute Gasteiger partial charge is 0.0692 e. The molecule has 0 aromatic rings. The fourth-order valence-electron chi connectivity index (χ4n) is 5.71. The molecular formula is C33H64N2O2. The molecule has 0 aromatic heterocycles. The summed E-state index contributed by atoms with van der Waals surface area (Å²) in [5.41, 5.74) is -0.715. The van der Waals surface area contributed by atoms with Gasteiger partial charge in [-0.1, -0.05) is 167 Å². The highest BCUT2D eigenvalue weighted by Gasteiger charge is 2.40. The summed E-state index contributed by atoms with van der Waals surface area (Å²) in [7, 11) is 0. The second-order valence-electron chi connectivity index (χ2n) is 11.8. The van der Waals surface area contributed by atoms with Crippen LogP contribution in [0.25, 0.3) is 0 Å². The molecule has 1 heterocycles. The van der Waals surface area contributed by atoms with Crippen LogP contribution >= 0.6 is 0 Å². The molecular weight excluding hydrogens is 456 g/mol. The quantitative estimate of drug-likeness (QED) is 0.0785. The first-order valence-electron chi connectivity index (χ1n) is 16.3. The first-order valence-corrected chi connectivity index (χ1v) is 16.3. The lowest BCUT2D eigenvalue weighted by Crippen LogP contribution is -2.45. The van der Waals surface area contributed by atoms with E-state index in [1.807, 2.05) is 12.2 Å². The van der Waals surface area contributed by atoms with Gasteiger partial charge in [-0.25, -0.2) is 5.84 Å². The zero-order chi connectivity index (χ0) is 27.0. The van der Waals surface area contributed by atoms with E-state index < -0.39 is 17.6 Å². The minimum absolute atomic E-state index is 0.574. The Bertz CT molecular complexity index is 515. The van der Waals surface area contributed by atoms with Crippen LogP contribution in [0.5, 0.6) is 0 Å². The molecule has 4 heteroatoms. The minimum atomic E-state index is -0.715. The molecule has 1 aliphatic heterocycles. The highest BCUT2D eigenvalue weighted by atomic mass is 16.3. The van der Waals surface area contributed by atoms with Crippen LogP contribution < -0.4 is 5.84 Å². The van der Waals surface area contributed by atoms with Crippen molar-refractivity contribution in [3.8, 4) is 0 Å². The molecule has 0 saturated heterocycles. The third-order valence-electron chi connectivity index (χ3n) is 8.39. The number of nitrogens with zero attached hydrogens (tertiary/aromatic N) is 1. The van der Waals surface area contributed by atoms with Crippen LogP contribution in [-0.2, 0) is 0 Å². The van der Waals surface area contributed by atoms with Gasteiger partial charge >= 0.3 is 0 Å². The summed E-state index contributed by atoms with van der Waals surface area (Å²) in [5, 5.41) is 23.9. The fraction of sp³-hybridized carbons (Fsp3) is 0.879. The van der Waals surface area contributed by atoms with Gasteiger partial charge in [0.15, 0.2) is 0 Å². The molecule has 0 amide bonds. The van der Waals surface area contributed by atoms with Gasteiger partial charge < -0.3 is 10.2 Å². The summed E-state index contributed by atoms with van der Waals surface area (Å²) in [6.45, 7) is 4.54. The SMILES string of the molecule is CCCCCCCCCCCCCC(O)C1(C(O)CCCCCCCCCCCCC)C=CN(N)C=C1. The second-order valence-corrected chi connectivity index (χ2v) is 11.8. The molecule has 4 N–H and O–H groups in total. The lowest BCUT2D eigenvalue weighted by atomic mass is 9.72. The largest absolute Gasteiger partial charge is 0.392 e. The van der Waals surface area contributed by atoms with Gasteiger partial charge in [-0.3, -0.25) is 5.01 Å². The number of rotatable bonds is 26. The molecule has 4 nitrogen and oxygen atoms in total. The third-order valence-corrected chi connectivity index (χ3v) is 8.39. The normalized spacial score (nSPS) is 16.4. The van der Waals surface area contributed by atoms with Gasteiger partial charge in [0.1, 0.15) is 0 Å². The van der Waals surface area contributed by atoms with E-state index >= 15 is 0 Å². The van der Waals surface area contributed by atoms with E-state index in [4.69, 9.17) is 5.84 Å². The molecule has 1 aliphatic rings. The van der Waals surface area contributed by atoms with E-state index in [0.29, 0.717) is 0 Å². The molecule has 37 heavy (non-hydrogen) atoms. The summed E-state index contributed by atoms with van der Waals surface area (Å²) < 4.78 is 0. The Labute approximate surface area is 231 Å². The Kier molecular flexibility index (Phi) is 21.3. The molecule has 0 fully saturated rings. The van der Waals surface area contributed by atoms with Crippen molar-refractivity contribution in [2.45, 2.75) is 180 Å². The molecule has 0 aromatic carbocycles. The van der Waals surface area contributed by atoms with Gasteiger partial charge in [0, 0.05) is 12.4 Å². The number of hydrogen-bond acceptors (Lipinski definition) is 4. The number of hydrogen-bond donors (Lipinski definition) is 3. The van der Waals surface area contributed by atoms with Crippen LogP contribution in [0.15, 0.2) is 24.6 Å². The number of nitrogens with two attached hydrogens (primary N) is 1. The van der Waals surface area contributed by atoms with E-state index in [1.165, 1.54) is 121 Å². The summed E-state index contributed by atoms with van der Waals surface area (Å²) in [4.78, 5) is 0. The molecule has 218 valence electrons. The van der Waals surface area contributed by atoms with Crippen molar-refractivity contribution in [1.29, 1.82) is 0 Å². The summed E-state index contributed by atoms with van der Waals surface area (Å²) >= 11 is 0. The standard InChI is InChI=1S/C33H64N2O2/c1-3-5-7-9-11-13-15-17-19-21-23-25-31(36)33(27-29-35(34)30-28-33)32(37)26-24-22-20-18-16-14-12-10-8-6-4-2/h27-32,36-37H,3-26,34H2,1-2H3. The molecule has 1 rings (SSSR count). The maximum atomic E-state index is 11.2. The van der Waals surface area contributed by atoms with Crippen molar-refractivity contribution < 1.29 is 10.2 Å². The Morgan fingerprint density at radius 3 is 1.08 bits per heavy atom. The monoisotopic (exact) mass is 520 g/mol. The van der Waals surface area contributed by atoms with Gasteiger partial charge in [0.25, 0.3) is 0 Å². The molecule has 0 spiro atoms. The maximum absolute atomic E-state index is 11.2. The lowest BCUT2D eigenvalue weighted by molar-refractivity contribution is -0.0215. The van der Waals surface area contributed by atoms with E-state index in [9.17, 15) is 10.2 Å². The van der Waals surface area contributed by atoms with Gasteiger partial charge in [-0.05, 0) is 12.8 Å². The van der Waals surface area contributed by atoms with Crippen molar-refractivity contribution in [3.63, 3.8) is 0 Å². The van der Waals surface area contributed by atoms with E-state index in [-0.39, 0.29) is 0 Å². The first kappa shape index (κ1) is 34.2. The lowest BCUT2D eigenvalue weighted by Gasteiger charge is -2.39. The van der Waals surface area contributed by atoms with Crippen LogP contribution in [0, 0.1) is 5.41 Å². The topological polar surface area (TPSA) is 69.7 Å². The third kappa shape index (κ3) is 16.0. The van der Waals surface area contributed by atoms with Crippen molar-refractivity contribution in [3.05, 3.63) is 24.6 Å². The van der Waals surface area contributed by atoms with Gasteiger partial charge in [0.2, 0.25) is 0 Å². The van der Waals surface area contributed by atoms with E-state index in [0.717, 1.165) is 38.5 Å². The van der Waals surface area contributed by atoms with Crippen molar-refractivity contribution >= 4 is 0 Å². The van der Waals surface area contributed by atoms with Crippen LogP contribution in [0.3, 0.4) is 0 Å². The molecule has 0 radical (unpaired) electrons. The first-order chi connectivity index (χ1) is 18.1. The van der Waals surface area contributed by atoms with Crippen LogP contribution in [-0.4, -0.2) is 27.4 Å².